The number of nitrogens with two attached hydrogens (primary N) is 2. The molecule has 51 heavy (non-hydrogen) atoms. The van der Waals surface area contributed by atoms with Gasteiger partial charge >= 0.3 is 16.4 Å². The number of fused-ring (bicyclic) bond motifs is 1. The minimum Gasteiger partial charge on any atom is -0.485 e. The van der Waals surface area contributed by atoms with E-state index in [0.29, 0.717) is 48.5 Å². The number of benzene rings is 1. The largest absolute Gasteiger partial charge is 0.485 e. The van der Waals surface area contributed by atoms with E-state index in [2.05, 4.69) is 25.1 Å². The number of hydrogen-bond donors (Lipinski definition) is 8. The number of carbonyl (C=O) groups excluding carboxylic acids is 2. The normalized spacial score (nSPS) is 25.8. The molecule has 2 aliphatic heterocycles. The van der Waals surface area contributed by atoms with Gasteiger partial charge < -0.3 is 41.9 Å². The highest BCUT2D eigenvalue weighted by Gasteiger charge is 2.58. The average molecular weight is 753 g/mol. The van der Waals surface area contributed by atoms with Crippen molar-refractivity contribution in [2.24, 2.45) is 10.9 Å². The Labute approximate surface area is 296 Å². The van der Waals surface area contributed by atoms with Crippen LogP contribution in [-0.4, -0.2) is 104 Å². The lowest BCUT2D eigenvalue weighted by molar-refractivity contribution is -0.218. The molecule has 19 nitrogen and oxygen atoms in total. The minimum atomic E-state index is -5.04. The van der Waals surface area contributed by atoms with Crippen molar-refractivity contribution in [1.82, 2.24) is 20.7 Å². The predicted octanol–water partition coefficient (Wildman–Crippen LogP) is 0.0705. The molecule has 0 bridgehead atoms. The van der Waals surface area contributed by atoms with Gasteiger partial charge in [0.25, 0.3) is 17.4 Å². The van der Waals surface area contributed by atoms with Crippen LogP contribution in [0.25, 0.3) is 0 Å². The van der Waals surface area contributed by atoms with Crippen LogP contribution in [0.4, 0.5) is 5.13 Å². The lowest BCUT2D eigenvalue weighted by Crippen LogP contribution is -2.76. The van der Waals surface area contributed by atoms with Crippen LogP contribution in [-0.2, 0) is 40.3 Å². The SMILES string of the molecule is CC1(C)[C@H](NC(=O)/C(=N\O[C@](C)(C(=O)O)[C@H]2CCc3cc(C(=N)N[C@H]4CC[C@@](O)(CN)CC4)ccc3O2)c2csc(N)n2)C(=O)N1OS(=O)(=O)O. The lowest BCUT2D eigenvalue weighted by atomic mass is 9.82. The Balaban J connectivity index is 1.30. The van der Waals surface area contributed by atoms with Crippen LogP contribution >= 0.6 is 11.3 Å². The number of aryl methyl sites for hydroxylation is 1. The number of aliphatic carboxylic acids is 1. The molecule has 1 saturated carbocycles. The first-order valence-corrected chi connectivity index (χ1v) is 18.1. The monoisotopic (exact) mass is 752 g/mol. The zero-order chi connectivity index (χ0) is 37.5. The third kappa shape index (κ3) is 7.92. The molecule has 1 aliphatic carbocycles. The van der Waals surface area contributed by atoms with Crippen molar-refractivity contribution in [1.29, 1.82) is 5.41 Å². The summed E-state index contributed by atoms with van der Waals surface area (Å²) >= 11 is 0.955. The van der Waals surface area contributed by atoms with Gasteiger partial charge in [-0.25, -0.2) is 9.78 Å². The van der Waals surface area contributed by atoms with Crippen molar-refractivity contribution in [3.8, 4) is 5.75 Å². The number of nitrogens with one attached hydrogen (secondary N) is 3. The summed E-state index contributed by atoms with van der Waals surface area (Å²) in [5.74, 6) is -2.91. The van der Waals surface area contributed by atoms with E-state index in [0.717, 1.165) is 16.9 Å². The number of aliphatic hydroxyl groups is 1. The second-order valence-corrected chi connectivity index (χ2v) is 15.3. The second kappa shape index (κ2) is 14.0. The summed E-state index contributed by atoms with van der Waals surface area (Å²) in [4.78, 5) is 48.4. The number of amides is 2. The number of carbonyl (C=O) groups is 3. The molecule has 0 unspecified atom stereocenters. The molecule has 2 fully saturated rings. The van der Waals surface area contributed by atoms with Crippen LogP contribution in [0.2, 0.25) is 0 Å². The Hall–Kier alpha value is -4.41. The van der Waals surface area contributed by atoms with Gasteiger partial charge in [-0.15, -0.1) is 15.6 Å². The number of carboxylic acid groups (broad SMARTS) is 1. The first kappa shape index (κ1) is 37.8. The number of hydrogen-bond acceptors (Lipinski definition) is 15. The van der Waals surface area contributed by atoms with Gasteiger partial charge in [0.2, 0.25) is 0 Å². The van der Waals surface area contributed by atoms with E-state index in [9.17, 15) is 33.0 Å². The Morgan fingerprint density at radius 3 is 2.51 bits per heavy atom. The number of amidine groups is 1. The average Bonchev–Trinajstić information content (AvgIpc) is 3.51. The summed E-state index contributed by atoms with van der Waals surface area (Å²) in [5.41, 5.74) is 7.70. The third-order valence-corrected chi connectivity index (χ3v) is 10.4. The molecule has 2 amide bonds. The molecule has 278 valence electrons. The van der Waals surface area contributed by atoms with Gasteiger partial charge in [0, 0.05) is 23.5 Å². The molecular formula is C30H40N8O11S2. The van der Waals surface area contributed by atoms with E-state index in [4.69, 9.17) is 31.0 Å². The molecule has 3 heterocycles. The maximum absolute atomic E-state index is 13.5. The predicted molar refractivity (Wildman–Crippen MR) is 181 cm³/mol. The third-order valence-electron chi connectivity index (χ3n) is 9.41. The van der Waals surface area contributed by atoms with Gasteiger partial charge in [0.1, 0.15) is 23.3 Å². The number of nitrogens with zero attached hydrogens (tertiary/aromatic N) is 3. The number of rotatable bonds is 12. The van der Waals surface area contributed by atoms with Gasteiger partial charge in [-0.2, -0.15) is 13.5 Å². The van der Waals surface area contributed by atoms with E-state index in [1.165, 1.54) is 26.2 Å². The number of nitrogen functional groups attached to an aromatic ring is 1. The number of ether oxygens (including phenoxy) is 1. The zero-order valence-electron chi connectivity index (χ0n) is 27.9. The Morgan fingerprint density at radius 1 is 1.25 bits per heavy atom. The molecule has 21 heteroatoms. The fourth-order valence-electron chi connectivity index (χ4n) is 6.12. The fourth-order valence-corrected chi connectivity index (χ4v) is 7.12. The molecule has 3 atom stereocenters. The highest BCUT2D eigenvalue weighted by atomic mass is 32.3. The highest BCUT2D eigenvalue weighted by Crippen LogP contribution is 2.36. The van der Waals surface area contributed by atoms with Crippen LogP contribution in [0.3, 0.4) is 0 Å². The Morgan fingerprint density at radius 2 is 1.94 bits per heavy atom. The number of oxime groups is 1. The van der Waals surface area contributed by atoms with E-state index in [1.807, 2.05) is 0 Å². The summed E-state index contributed by atoms with van der Waals surface area (Å²) < 4.78 is 41.8. The van der Waals surface area contributed by atoms with E-state index in [-0.39, 0.29) is 35.7 Å². The van der Waals surface area contributed by atoms with Crippen molar-refractivity contribution in [3.63, 3.8) is 0 Å². The minimum absolute atomic E-state index is 0.0112. The molecule has 1 aromatic heterocycles. The first-order valence-electron chi connectivity index (χ1n) is 15.9. The number of carboxylic acids is 1. The number of β-lactam (4-membered cyclic amide) rings is 1. The zero-order valence-corrected chi connectivity index (χ0v) is 29.5. The van der Waals surface area contributed by atoms with E-state index in [1.54, 1.807) is 18.2 Å². The maximum atomic E-state index is 13.5. The van der Waals surface area contributed by atoms with Crippen molar-refractivity contribution < 1.29 is 51.4 Å². The van der Waals surface area contributed by atoms with Crippen molar-refractivity contribution in [3.05, 3.63) is 40.4 Å². The number of anilines is 1. The maximum Gasteiger partial charge on any atom is 0.418 e. The summed E-state index contributed by atoms with van der Waals surface area (Å²) in [6.07, 6.45) is 1.85. The molecule has 1 aromatic carbocycles. The van der Waals surface area contributed by atoms with Crippen LogP contribution in [0.5, 0.6) is 5.75 Å². The van der Waals surface area contributed by atoms with Crippen molar-refractivity contribution in [2.45, 2.75) is 94.2 Å². The molecule has 5 rings (SSSR count). The standard InChI is InChI=1S/C30H40N8O11S2/c1-28(2)22(25(40)38(28)49-51(44,45)46)36-24(39)21(18-13-50-27(33)35-18)37-48-29(3,26(41)42)20-7-5-15-12-16(4-6-19(15)47-20)23(32)34-17-8-10-30(43,14-31)11-9-17/h4,6,12-13,17,20,22,43H,5,7-11,14,31H2,1-3H3,(H2,32,34)(H2,33,35)(H,36,39)(H,41,42)(H,44,45,46)/b37-21-/t17-,20-,22-,29+,30-/m1/s1. The van der Waals surface area contributed by atoms with Gasteiger partial charge in [-0.05, 0) is 83.1 Å². The van der Waals surface area contributed by atoms with Crippen LogP contribution < -0.4 is 26.8 Å². The van der Waals surface area contributed by atoms with Crippen LogP contribution in [0, 0.1) is 5.41 Å². The molecule has 1 saturated heterocycles. The smallest absolute Gasteiger partial charge is 0.418 e. The van der Waals surface area contributed by atoms with Gasteiger partial charge in [-0.1, -0.05) is 5.16 Å². The summed E-state index contributed by atoms with van der Waals surface area (Å²) in [6.45, 7) is 4.15. The van der Waals surface area contributed by atoms with Crippen molar-refractivity contribution >= 4 is 56.2 Å². The molecule has 2 aromatic rings. The molecule has 0 spiro atoms. The molecular weight excluding hydrogens is 713 g/mol. The second-order valence-electron chi connectivity index (χ2n) is 13.4. The lowest BCUT2D eigenvalue weighted by Gasteiger charge is -2.50. The van der Waals surface area contributed by atoms with Crippen molar-refractivity contribution in [2.75, 3.05) is 12.3 Å². The summed E-state index contributed by atoms with van der Waals surface area (Å²) in [6, 6.07) is 3.76. The fraction of sp³-hybridized carbons (Fsp3) is 0.533. The van der Waals surface area contributed by atoms with Crippen LogP contribution in [0.15, 0.2) is 28.7 Å². The molecule has 0 radical (unpaired) electrons. The topological polar surface area (TPSA) is 302 Å². The quantitative estimate of drug-likeness (QED) is 0.0468. The van der Waals surface area contributed by atoms with Gasteiger partial charge in [0.15, 0.2) is 16.9 Å². The number of hydroxylamine groups is 2. The molecule has 10 N–H and O–H groups in total. The van der Waals surface area contributed by atoms with Crippen LogP contribution in [0.1, 0.15) is 69.7 Å². The Kier molecular flexibility index (Phi) is 10.4. The number of aromatic nitrogens is 1. The van der Waals surface area contributed by atoms with Gasteiger partial charge in [-0.3, -0.25) is 19.6 Å². The highest BCUT2D eigenvalue weighted by molar-refractivity contribution is 7.80. The summed E-state index contributed by atoms with van der Waals surface area (Å²) in [7, 11) is -5.04. The summed E-state index contributed by atoms with van der Waals surface area (Å²) in [5, 5.41) is 40.6. The Bertz CT molecular complexity index is 1860. The van der Waals surface area contributed by atoms with Gasteiger partial charge in [0.05, 0.1) is 11.1 Å². The number of thiazole rings is 1. The van der Waals surface area contributed by atoms with E-state index >= 15 is 0 Å². The first-order chi connectivity index (χ1) is 23.8. The molecule has 3 aliphatic rings. The van der Waals surface area contributed by atoms with E-state index < -0.39 is 62.8 Å².